The van der Waals surface area contributed by atoms with Crippen LogP contribution in [0.5, 0.6) is 5.75 Å². The fraction of sp³-hybridized carbons (Fsp3) is 0.447. The van der Waals surface area contributed by atoms with E-state index in [0.29, 0.717) is 79.4 Å². The predicted octanol–water partition coefficient (Wildman–Crippen LogP) is 13.9. The number of carbonyl (C=O) groups excluding carboxylic acids is 6. The third kappa shape index (κ3) is 24.9. The number of benzene rings is 6. The van der Waals surface area contributed by atoms with Crippen molar-refractivity contribution in [2.24, 2.45) is 34.4 Å². The zero-order valence-electron chi connectivity index (χ0n) is 62.6. The molecule has 672 valence electrons. The van der Waals surface area contributed by atoms with Gasteiger partial charge in [0.1, 0.15) is 98.9 Å². The highest BCUT2D eigenvalue weighted by Gasteiger charge is 2.52. The number of aliphatic hydroxyl groups excluding tert-OH is 6. The number of rotatable bonds is 7. The van der Waals surface area contributed by atoms with Crippen LogP contribution in [0.3, 0.4) is 0 Å². The van der Waals surface area contributed by atoms with E-state index in [2.05, 4.69) is 4.74 Å². The SMILES string of the molecule is Cc1cc(Cl)cc(C2(N)CCCC(O)C2=O)c1.Cl.Cl.Cl.Cl.Cl.Cl.NC1(c2c(F)ccc(F)c2F)CCCC(O)C1=O.NC1(c2cc(F)cc(F)c2F)CCCC(O)C1=O.NC1(c2ccc(Cl)c(OC(F)(F)F)c2)CCCC(O)C1=O.NC1(c2cccc(C(F)(F)F)c2F)CCCC(O)C1=O.NC1(c2cccc(F)c2C(F)(F)F)CCCC(O)C1=O. The van der Waals surface area contributed by atoms with Gasteiger partial charge in [-0.05, 0) is 199 Å². The third-order valence-electron chi connectivity index (χ3n) is 20.5. The van der Waals surface area contributed by atoms with Gasteiger partial charge in [-0.25, -0.2) is 35.1 Å². The molecule has 0 saturated heterocycles. The molecule has 0 amide bonds. The van der Waals surface area contributed by atoms with Crippen molar-refractivity contribution in [1.29, 1.82) is 0 Å². The van der Waals surface area contributed by atoms with Gasteiger partial charge in [-0.1, -0.05) is 59.6 Å². The molecule has 6 saturated carbocycles. The number of ketones is 6. The number of hydrogen-bond acceptors (Lipinski definition) is 19. The van der Waals surface area contributed by atoms with Crippen LogP contribution in [0, 0.1) is 53.5 Å². The number of alkyl halides is 9. The number of ether oxygens (including phenoxy) is 1. The second-order valence-corrected chi connectivity index (χ2v) is 29.3. The first-order chi connectivity index (χ1) is 52.7. The number of nitrogens with two attached hydrogens (primary N) is 6. The standard InChI is InChI=1S/C13H13ClF3NO3.C13H16ClNO2.2C13H13F4NO2.2C12H12F3NO2.6ClH/c14-8-4-3-7(6-10(8)21-13(15,16)17)12(18)5-1-2-9(19)11(12)20;1-8-5-9(7-10(14)6-8)13(15)4-2-3-11(16)12(13)17;14-8-4-1-3-7(10(8)13(15,16)17)12(18)6-2-5-9(19)11(12)20;14-10-7(3-1-4-8(10)13(15,16)17)12(18)6-2-5-9(19)11(12)20;13-6-3-4-7(14)10(15)9(6)12(16)5-1-2-8(17)11(12)18;13-6-4-7(10(15)8(14)5-6)12(16)3-1-2-9(17)11(12)18;;;;;;/h3-4,6,9,19H,1-2,5,18H2;5-7,11,16H,2-4,15H2,1H3;2*1,3-4,9,19H,2,5-6,18H2;3-4,8,17H,1-2,5,16H2;4-5,9,17H,1-3,16H2;6*1H. The lowest BCUT2D eigenvalue weighted by molar-refractivity contribution is -0.274. The normalized spacial score (nSPS) is 26.6. The van der Waals surface area contributed by atoms with Gasteiger partial charge in [0, 0.05) is 22.2 Å². The molecule has 12 unspecified atom stereocenters. The van der Waals surface area contributed by atoms with E-state index in [1.807, 2.05) is 19.1 Å². The molecule has 12 atom stereocenters. The zero-order chi connectivity index (χ0) is 85.7. The number of hydrogen-bond donors (Lipinski definition) is 12. The van der Waals surface area contributed by atoms with Gasteiger partial charge in [0.2, 0.25) is 0 Å². The third-order valence-corrected chi connectivity index (χ3v) is 21.0. The maximum Gasteiger partial charge on any atom is 0.573 e. The Hall–Kier alpha value is -6.21. The van der Waals surface area contributed by atoms with Gasteiger partial charge in [0.25, 0.3) is 0 Å². The molecular formula is C76H85Cl8F17N6O13. The molecule has 120 heavy (non-hydrogen) atoms. The van der Waals surface area contributed by atoms with Crippen LogP contribution in [-0.2, 0) is 74.4 Å². The fourth-order valence-corrected chi connectivity index (χ4v) is 14.9. The molecule has 6 aromatic rings. The second kappa shape index (κ2) is 44.1. The molecule has 6 aliphatic carbocycles. The highest BCUT2D eigenvalue weighted by Crippen LogP contribution is 2.45. The molecule has 44 heteroatoms. The molecule has 0 spiro atoms. The summed E-state index contributed by atoms with van der Waals surface area (Å²) in [4.78, 5) is 71.7. The molecule has 0 aliphatic heterocycles. The fourth-order valence-electron chi connectivity index (χ4n) is 14.5. The summed E-state index contributed by atoms with van der Waals surface area (Å²) >= 11 is 11.6. The van der Waals surface area contributed by atoms with E-state index in [-0.39, 0.29) is 161 Å². The Balaban J connectivity index is 0.000000714. The molecule has 18 N–H and O–H groups in total. The molecule has 0 radical (unpaired) electrons. The molecule has 6 fully saturated rings. The molecular weight excluding hydrogens is 1810 g/mol. The molecule has 19 nitrogen and oxygen atoms in total. The average molecular weight is 1900 g/mol. The van der Waals surface area contributed by atoms with Crippen LogP contribution in [0.2, 0.25) is 10.0 Å². The number of aliphatic hydroxyl groups is 6. The van der Waals surface area contributed by atoms with Crippen LogP contribution in [0.1, 0.15) is 166 Å². The molecule has 12 rings (SSSR count). The average Bonchev–Trinajstić information content (AvgIpc) is 0.734. The van der Waals surface area contributed by atoms with Crippen LogP contribution in [0.4, 0.5) is 74.6 Å². The van der Waals surface area contributed by atoms with Gasteiger partial charge in [0.05, 0.1) is 21.7 Å². The monoisotopic (exact) mass is 1890 g/mol. The Kier molecular flexibility index (Phi) is 41.1. The van der Waals surface area contributed by atoms with Crippen molar-refractivity contribution in [2.45, 2.75) is 211 Å². The van der Waals surface area contributed by atoms with E-state index in [9.17, 15) is 134 Å². The highest BCUT2D eigenvalue weighted by molar-refractivity contribution is 6.32. The topological polar surface area (TPSA) is 389 Å². The summed E-state index contributed by atoms with van der Waals surface area (Å²) < 4.78 is 226. The lowest BCUT2D eigenvalue weighted by Crippen LogP contribution is -2.53. The predicted molar refractivity (Wildman–Crippen MR) is 418 cm³/mol. The van der Waals surface area contributed by atoms with Crippen LogP contribution >= 0.6 is 97.6 Å². The van der Waals surface area contributed by atoms with Crippen molar-refractivity contribution in [3.63, 3.8) is 0 Å². The molecule has 6 aliphatic rings. The lowest BCUT2D eigenvalue weighted by Gasteiger charge is -2.36. The number of Topliss-reactive ketones (excluding diaryl/α,β-unsaturated/α-hetero) is 6. The molecule has 0 heterocycles. The van der Waals surface area contributed by atoms with Gasteiger partial charge in [0.15, 0.2) is 58.0 Å². The number of carbonyl (C=O) groups is 6. The Bertz CT molecular complexity index is 4590. The Morgan fingerprint density at radius 2 is 0.750 bits per heavy atom. The summed E-state index contributed by atoms with van der Waals surface area (Å²) in [5.74, 6) is -15.6. The maximum absolute atomic E-state index is 14.1. The smallest absolute Gasteiger partial charge is 0.404 e. The second-order valence-electron chi connectivity index (χ2n) is 28.5. The summed E-state index contributed by atoms with van der Waals surface area (Å²) in [6.45, 7) is 1.91. The summed E-state index contributed by atoms with van der Waals surface area (Å²) in [6.07, 6.45) is -17.6. The quantitative estimate of drug-likeness (QED) is 0.0522. The minimum atomic E-state index is -4.96. The summed E-state index contributed by atoms with van der Waals surface area (Å²) in [7, 11) is 0. The number of aryl methyl sites for hydroxylation is 1. The highest BCUT2D eigenvalue weighted by atomic mass is 35.5. The first-order valence-corrected chi connectivity index (χ1v) is 35.8. The van der Waals surface area contributed by atoms with E-state index in [1.54, 1.807) is 6.07 Å². The zero-order valence-corrected chi connectivity index (χ0v) is 69.0. The summed E-state index contributed by atoms with van der Waals surface area (Å²) in [5, 5.41) is 57.6. The van der Waals surface area contributed by atoms with E-state index in [4.69, 9.17) is 57.6 Å². The van der Waals surface area contributed by atoms with Gasteiger partial charge in [-0.3, -0.25) is 28.8 Å². The van der Waals surface area contributed by atoms with Crippen LogP contribution < -0.4 is 39.1 Å². The molecule has 6 aromatic carbocycles. The van der Waals surface area contributed by atoms with Crippen molar-refractivity contribution in [2.75, 3.05) is 0 Å². The van der Waals surface area contributed by atoms with Gasteiger partial charge >= 0.3 is 18.7 Å². The minimum Gasteiger partial charge on any atom is -0.404 e. The number of halogens is 25. The van der Waals surface area contributed by atoms with Gasteiger partial charge < -0.3 is 69.8 Å². The van der Waals surface area contributed by atoms with E-state index >= 15 is 0 Å². The first kappa shape index (κ1) is 112. The Labute approximate surface area is 722 Å². The minimum absolute atomic E-state index is 0. The van der Waals surface area contributed by atoms with Crippen LogP contribution in [0.15, 0.2) is 97.1 Å². The van der Waals surface area contributed by atoms with E-state index in [0.717, 1.165) is 48.4 Å². The Morgan fingerprint density at radius 3 is 1.18 bits per heavy atom. The van der Waals surface area contributed by atoms with Crippen molar-refractivity contribution < 1.29 is 139 Å². The Morgan fingerprint density at radius 1 is 0.375 bits per heavy atom. The largest absolute Gasteiger partial charge is 0.573 e. The van der Waals surface area contributed by atoms with E-state index < -0.39 is 203 Å². The van der Waals surface area contributed by atoms with Crippen molar-refractivity contribution in [1.82, 2.24) is 0 Å². The maximum atomic E-state index is 14.1. The molecule has 0 aromatic heterocycles. The van der Waals surface area contributed by atoms with Gasteiger partial charge in [-0.15, -0.1) is 87.6 Å². The van der Waals surface area contributed by atoms with Crippen LogP contribution in [-0.4, -0.2) is 108 Å². The summed E-state index contributed by atoms with van der Waals surface area (Å²) in [6, 6.07) is 16.7. The van der Waals surface area contributed by atoms with Crippen LogP contribution in [0.25, 0.3) is 0 Å². The first-order valence-electron chi connectivity index (χ1n) is 35.1. The van der Waals surface area contributed by atoms with Crippen molar-refractivity contribution in [3.05, 3.63) is 204 Å². The van der Waals surface area contributed by atoms with Crippen molar-refractivity contribution >= 4 is 132 Å². The van der Waals surface area contributed by atoms with Gasteiger partial charge in [-0.2, -0.15) is 26.3 Å². The van der Waals surface area contributed by atoms with E-state index in [1.165, 1.54) is 12.1 Å². The molecule has 0 bridgehead atoms. The summed E-state index contributed by atoms with van der Waals surface area (Å²) in [5.41, 5.74) is 21.2. The van der Waals surface area contributed by atoms with Crippen molar-refractivity contribution in [3.8, 4) is 5.75 Å². The lowest BCUT2D eigenvalue weighted by atomic mass is 9.73.